The van der Waals surface area contributed by atoms with Crippen LogP contribution in [0.2, 0.25) is 0 Å². The van der Waals surface area contributed by atoms with Crippen molar-refractivity contribution in [1.82, 2.24) is 15.1 Å². The van der Waals surface area contributed by atoms with Gasteiger partial charge in [-0.1, -0.05) is 46.3 Å². The van der Waals surface area contributed by atoms with Crippen LogP contribution in [-0.4, -0.2) is 65.9 Å². The molecule has 0 aromatic heterocycles. The van der Waals surface area contributed by atoms with Crippen LogP contribution in [0.4, 0.5) is 5.69 Å². The molecule has 2 saturated heterocycles. The highest BCUT2D eigenvalue weighted by Gasteiger charge is 2.50. The maximum absolute atomic E-state index is 13.2. The maximum atomic E-state index is 13.2. The maximum Gasteiger partial charge on any atom is 0.261 e. The topological polar surface area (TPSA) is 73.0 Å². The first-order chi connectivity index (χ1) is 17.0. The molecule has 6 rings (SSSR count). The third-order valence-corrected chi connectivity index (χ3v) is 8.13. The van der Waals surface area contributed by atoms with Crippen molar-refractivity contribution in [3.8, 4) is 0 Å². The highest BCUT2D eigenvalue weighted by atomic mass is 79.9. The number of anilines is 1. The van der Waals surface area contributed by atoms with Crippen molar-refractivity contribution in [2.45, 2.75) is 18.4 Å². The molecule has 0 unspecified atom stereocenters. The predicted molar refractivity (Wildman–Crippen MR) is 137 cm³/mol. The van der Waals surface area contributed by atoms with Gasteiger partial charge in [0, 0.05) is 52.9 Å². The molecule has 3 aliphatic rings. The molecule has 3 aliphatic heterocycles. The molecule has 3 amide bonds. The van der Waals surface area contributed by atoms with E-state index in [1.54, 1.807) is 12.1 Å². The fourth-order valence-corrected chi connectivity index (χ4v) is 6.13. The molecule has 0 saturated carbocycles. The Balaban J connectivity index is 1.15. The number of carbonyl (C=O) groups is 3. The van der Waals surface area contributed by atoms with Crippen LogP contribution < -0.4 is 10.2 Å². The van der Waals surface area contributed by atoms with Crippen LogP contribution in [0.15, 0.2) is 65.1 Å². The SMILES string of the molecule is O=C1c2cccc3cccc(c23)C(=O)N1CCN1CCC2(CC1)C(=O)NCN2c1cccc(Br)c1. The number of hydrogen-bond donors (Lipinski definition) is 1. The van der Waals surface area contributed by atoms with Gasteiger partial charge >= 0.3 is 0 Å². The van der Waals surface area contributed by atoms with E-state index < -0.39 is 5.54 Å². The Kier molecular flexibility index (Phi) is 5.38. The second-order valence-corrected chi connectivity index (χ2v) is 10.3. The van der Waals surface area contributed by atoms with Gasteiger partial charge in [0.2, 0.25) is 5.91 Å². The largest absolute Gasteiger partial charge is 0.339 e. The third kappa shape index (κ3) is 3.54. The van der Waals surface area contributed by atoms with Gasteiger partial charge in [-0.2, -0.15) is 0 Å². The smallest absolute Gasteiger partial charge is 0.261 e. The summed E-state index contributed by atoms with van der Waals surface area (Å²) >= 11 is 3.53. The van der Waals surface area contributed by atoms with Crippen LogP contribution in [0, 0.1) is 0 Å². The average Bonchev–Trinajstić information content (AvgIpc) is 3.18. The van der Waals surface area contributed by atoms with Crippen LogP contribution in [-0.2, 0) is 4.79 Å². The zero-order chi connectivity index (χ0) is 24.2. The molecule has 3 aromatic carbocycles. The molecule has 7 nitrogen and oxygen atoms in total. The Bertz CT molecular complexity index is 1310. The number of hydrogen-bond acceptors (Lipinski definition) is 5. The third-order valence-electron chi connectivity index (χ3n) is 7.64. The van der Waals surface area contributed by atoms with Crippen molar-refractivity contribution in [1.29, 1.82) is 0 Å². The molecule has 8 heteroatoms. The lowest BCUT2D eigenvalue weighted by Crippen LogP contribution is -2.57. The Morgan fingerprint density at radius 3 is 2.17 bits per heavy atom. The van der Waals surface area contributed by atoms with Gasteiger partial charge in [-0.05, 0) is 48.6 Å². The van der Waals surface area contributed by atoms with Crippen molar-refractivity contribution in [2.75, 3.05) is 37.7 Å². The number of nitrogens with zero attached hydrogens (tertiary/aromatic N) is 3. The van der Waals surface area contributed by atoms with Gasteiger partial charge in [-0.3, -0.25) is 19.3 Å². The molecule has 3 heterocycles. The highest BCUT2D eigenvalue weighted by Crippen LogP contribution is 2.37. The van der Waals surface area contributed by atoms with Gasteiger partial charge in [-0.25, -0.2) is 0 Å². The molecule has 1 N–H and O–H groups in total. The molecule has 0 radical (unpaired) electrons. The number of piperidine rings is 1. The van der Waals surface area contributed by atoms with Gasteiger partial charge in [0.25, 0.3) is 11.8 Å². The number of likely N-dealkylation sites (tertiary alicyclic amines) is 1. The summed E-state index contributed by atoms with van der Waals surface area (Å²) in [6.45, 7) is 2.86. The van der Waals surface area contributed by atoms with Crippen molar-refractivity contribution in [3.63, 3.8) is 0 Å². The molecular formula is C27H25BrN4O3. The number of amides is 3. The van der Waals surface area contributed by atoms with Crippen LogP contribution in [0.1, 0.15) is 33.6 Å². The summed E-state index contributed by atoms with van der Waals surface area (Å²) < 4.78 is 0.982. The zero-order valence-corrected chi connectivity index (χ0v) is 20.8. The standard InChI is InChI=1S/C27H25BrN4O3/c28-19-6-3-7-20(16-19)32-17-29-26(35)27(32)10-12-30(13-11-27)14-15-31-24(33)21-8-1-4-18-5-2-9-22(23(18)21)25(31)34/h1-9,16H,10-15,17H2,(H,29,35). The van der Waals surface area contributed by atoms with Crippen LogP contribution in [0.25, 0.3) is 10.8 Å². The summed E-state index contributed by atoms with van der Waals surface area (Å²) in [4.78, 5) is 45.1. The van der Waals surface area contributed by atoms with E-state index in [0.29, 0.717) is 43.7 Å². The Labute approximate surface area is 211 Å². The molecule has 0 aliphatic carbocycles. The quantitative estimate of drug-likeness (QED) is 0.519. The van der Waals surface area contributed by atoms with Crippen molar-refractivity contribution < 1.29 is 14.4 Å². The number of carbonyl (C=O) groups excluding carboxylic acids is 3. The molecular weight excluding hydrogens is 508 g/mol. The summed E-state index contributed by atoms with van der Waals surface area (Å²) in [5.41, 5.74) is 1.62. The van der Waals surface area contributed by atoms with Crippen molar-refractivity contribution >= 4 is 50.1 Å². The van der Waals surface area contributed by atoms with E-state index in [0.717, 1.165) is 34.0 Å². The number of imide groups is 1. The van der Waals surface area contributed by atoms with Gasteiger partial charge < -0.3 is 15.1 Å². The van der Waals surface area contributed by atoms with Crippen molar-refractivity contribution in [3.05, 3.63) is 76.3 Å². The molecule has 0 bridgehead atoms. The van der Waals surface area contributed by atoms with E-state index in [9.17, 15) is 14.4 Å². The predicted octanol–water partition coefficient (Wildman–Crippen LogP) is 3.63. The minimum Gasteiger partial charge on any atom is -0.339 e. The molecule has 1 spiro atoms. The Morgan fingerprint density at radius 2 is 1.51 bits per heavy atom. The monoisotopic (exact) mass is 532 g/mol. The Hall–Kier alpha value is -3.23. The molecule has 35 heavy (non-hydrogen) atoms. The molecule has 3 aromatic rings. The number of halogens is 1. The van der Waals surface area contributed by atoms with E-state index in [2.05, 4.69) is 31.0 Å². The Morgan fingerprint density at radius 1 is 0.857 bits per heavy atom. The normalized spacial score (nSPS) is 19.6. The van der Waals surface area contributed by atoms with Crippen molar-refractivity contribution in [2.24, 2.45) is 0 Å². The summed E-state index contributed by atoms with van der Waals surface area (Å²) in [6.07, 6.45) is 1.38. The number of rotatable bonds is 4. The number of benzene rings is 3. The molecule has 178 valence electrons. The molecule has 0 atom stereocenters. The summed E-state index contributed by atoms with van der Waals surface area (Å²) in [5, 5.41) is 4.69. The fraction of sp³-hybridized carbons (Fsp3) is 0.296. The van der Waals surface area contributed by atoms with Gasteiger partial charge in [0.1, 0.15) is 5.54 Å². The lowest BCUT2D eigenvalue weighted by atomic mass is 9.85. The highest BCUT2D eigenvalue weighted by molar-refractivity contribution is 9.10. The zero-order valence-electron chi connectivity index (χ0n) is 19.2. The van der Waals surface area contributed by atoms with Crippen LogP contribution in [0.5, 0.6) is 0 Å². The summed E-state index contributed by atoms with van der Waals surface area (Å²) in [7, 11) is 0. The van der Waals surface area contributed by atoms with E-state index in [-0.39, 0.29) is 17.7 Å². The average molecular weight is 533 g/mol. The number of nitrogens with one attached hydrogen (secondary N) is 1. The van der Waals surface area contributed by atoms with Crippen LogP contribution >= 0.6 is 15.9 Å². The van der Waals surface area contributed by atoms with Gasteiger partial charge in [0.05, 0.1) is 6.67 Å². The second kappa shape index (κ2) is 8.46. The molecule has 2 fully saturated rings. The van der Waals surface area contributed by atoms with E-state index >= 15 is 0 Å². The summed E-state index contributed by atoms with van der Waals surface area (Å²) in [5.74, 6) is -0.393. The first kappa shape index (κ1) is 22.2. The first-order valence-corrected chi connectivity index (χ1v) is 12.7. The minimum atomic E-state index is -0.567. The summed E-state index contributed by atoms with van der Waals surface area (Å²) in [6, 6.07) is 19.2. The van der Waals surface area contributed by atoms with Gasteiger partial charge in [-0.15, -0.1) is 0 Å². The van der Waals surface area contributed by atoms with E-state index in [1.807, 2.05) is 48.5 Å². The lowest BCUT2D eigenvalue weighted by Gasteiger charge is -2.43. The van der Waals surface area contributed by atoms with Gasteiger partial charge in [0.15, 0.2) is 0 Å². The van der Waals surface area contributed by atoms with E-state index in [4.69, 9.17) is 0 Å². The van der Waals surface area contributed by atoms with Crippen LogP contribution in [0.3, 0.4) is 0 Å². The first-order valence-electron chi connectivity index (χ1n) is 11.9. The van der Waals surface area contributed by atoms with E-state index in [1.165, 1.54) is 4.90 Å². The lowest BCUT2D eigenvalue weighted by molar-refractivity contribution is -0.125. The minimum absolute atomic E-state index is 0.0724. The second-order valence-electron chi connectivity index (χ2n) is 9.42. The fourth-order valence-electron chi connectivity index (χ4n) is 5.74.